The Balaban J connectivity index is 1.83. The van der Waals surface area contributed by atoms with Gasteiger partial charge in [-0.3, -0.25) is 9.59 Å². The Hall–Kier alpha value is -2.08. The molecule has 0 saturated heterocycles. The van der Waals surface area contributed by atoms with Gasteiger partial charge < -0.3 is 5.32 Å². The fraction of sp³-hybridized carbons (Fsp3) is 0.444. The largest absolute Gasteiger partial charge is 0.301 e. The van der Waals surface area contributed by atoms with E-state index in [1.54, 1.807) is 0 Å². The summed E-state index contributed by atoms with van der Waals surface area (Å²) in [4.78, 5) is 24.2. The Kier molecular flexibility index (Phi) is 6.61. The molecule has 1 N–H and O–H groups in total. The van der Waals surface area contributed by atoms with Gasteiger partial charge in [-0.05, 0) is 37.5 Å². The van der Waals surface area contributed by atoms with Gasteiger partial charge in [0.05, 0.1) is 0 Å². The molecule has 0 fully saturated rings. The van der Waals surface area contributed by atoms with E-state index in [1.165, 1.54) is 11.3 Å². The Morgan fingerprint density at radius 3 is 2.62 bits per heavy atom. The molecule has 5 nitrogen and oxygen atoms in total. The number of carbonyl (C=O) groups excluding carboxylic acids is 2. The Morgan fingerprint density at radius 2 is 1.92 bits per heavy atom. The summed E-state index contributed by atoms with van der Waals surface area (Å²) in [6.07, 6.45) is 3.38. The lowest BCUT2D eigenvalue weighted by Gasteiger charge is -2.04. The maximum Gasteiger partial charge on any atom is 0.226 e. The van der Waals surface area contributed by atoms with Gasteiger partial charge in [0.25, 0.3) is 0 Å². The van der Waals surface area contributed by atoms with Gasteiger partial charge in [-0.15, -0.1) is 10.2 Å². The zero-order chi connectivity index (χ0) is 17.5. The fourth-order valence-electron chi connectivity index (χ4n) is 2.20. The van der Waals surface area contributed by atoms with Gasteiger partial charge in [-0.25, -0.2) is 0 Å². The quantitative estimate of drug-likeness (QED) is 0.731. The molecule has 0 aliphatic heterocycles. The molecule has 0 spiro atoms. The second-order valence-electron chi connectivity index (χ2n) is 5.87. The van der Waals surface area contributed by atoms with Crippen LogP contribution in [0.3, 0.4) is 0 Å². The summed E-state index contributed by atoms with van der Waals surface area (Å²) in [6, 6.07) is 5.62. The highest BCUT2D eigenvalue weighted by atomic mass is 32.1. The van der Waals surface area contributed by atoms with E-state index in [-0.39, 0.29) is 24.5 Å². The predicted octanol–water partition coefficient (Wildman–Crippen LogP) is 4.10. The van der Waals surface area contributed by atoms with E-state index in [9.17, 15) is 9.59 Å². The van der Waals surface area contributed by atoms with E-state index in [4.69, 9.17) is 0 Å². The lowest BCUT2D eigenvalue weighted by molar-refractivity contribution is -0.116. The van der Waals surface area contributed by atoms with E-state index in [0.717, 1.165) is 35.4 Å². The molecular weight excluding hydrogens is 322 g/mol. The maximum absolute atomic E-state index is 12.2. The number of nitrogens with one attached hydrogen (secondary N) is 1. The van der Waals surface area contributed by atoms with Crippen LogP contribution in [0.15, 0.2) is 18.2 Å². The number of benzene rings is 1. The Morgan fingerprint density at radius 1 is 1.12 bits per heavy atom. The van der Waals surface area contributed by atoms with Crippen LogP contribution < -0.4 is 5.32 Å². The van der Waals surface area contributed by atoms with Crippen LogP contribution in [0.5, 0.6) is 0 Å². The monoisotopic (exact) mass is 345 g/mol. The summed E-state index contributed by atoms with van der Waals surface area (Å²) in [5.41, 5.74) is 2.89. The number of anilines is 1. The summed E-state index contributed by atoms with van der Waals surface area (Å²) in [7, 11) is 0. The van der Waals surface area contributed by atoms with Gasteiger partial charge in [-0.2, -0.15) is 0 Å². The molecule has 0 unspecified atom stereocenters. The first-order chi connectivity index (χ1) is 11.5. The summed E-state index contributed by atoms with van der Waals surface area (Å²) in [5.74, 6) is -0.223. The highest BCUT2D eigenvalue weighted by Crippen LogP contribution is 2.18. The van der Waals surface area contributed by atoms with Crippen molar-refractivity contribution in [3.8, 4) is 0 Å². The van der Waals surface area contributed by atoms with Crippen LogP contribution in [0.4, 0.5) is 5.13 Å². The molecule has 2 rings (SSSR count). The van der Waals surface area contributed by atoms with E-state index in [1.807, 2.05) is 32.0 Å². The van der Waals surface area contributed by atoms with E-state index < -0.39 is 0 Å². The highest BCUT2D eigenvalue weighted by molar-refractivity contribution is 7.15. The van der Waals surface area contributed by atoms with Gasteiger partial charge in [-0.1, -0.05) is 36.8 Å². The lowest BCUT2D eigenvalue weighted by Crippen LogP contribution is -2.13. The molecule has 1 amide bonds. The normalized spacial score (nSPS) is 10.6. The minimum Gasteiger partial charge on any atom is -0.301 e. The average molecular weight is 345 g/mol. The number of hydrogen-bond donors (Lipinski definition) is 1. The third-order valence-corrected chi connectivity index (χ3v) is 4.76. The molecule has 6 heteroatoms. The van der Waals surface area contributed by atoms with E-state index in [0.29, 0.717) is 10.7 Å². The third kappa shape index (κ3) is 5.23. The summed E-state index contributed by atoms with van der Waals surface area (Å²) >= 11 is 1.40. The molecule has 128 valence electrons. The molecule has 1 heterocycles. The average Bonchev–Trinajstić information content (AvgIpc) is 3.00. The Labute approximate surface area is 146 Å². The predicted molar refractivity (Wildman–Crippen MR) is 96.6 cm³/mol. The van der Waals surface area contributed by atoms with Crippen molar-refractivity contribution in [3.05, 3.63) is 39.9 Å². The van der Waals surface area contributed by atoms with Crippen molar-refractivity contribution in [1.82, 2.24) is 10.2 Å². The summed E-state index contributed by atoms with van der Waals surface area (Å²) in [6.45, 7) is 6.11. The van der Waals surface area contributed by atoms with Gasteiger partial charge >= 0.3 is 0 Å². The van der Waals surface area contributed by atoms with Crippen molar-refractivity contribution in [1.29, 1.82) is 0 Å². The first-order valence-corrected chi connectivity index (χ1v) is 9.04. The van der Waals surface area contributed by atoms with Crippen molar-refractivity contribution in [2.75, 3.05) is 5.32 Å². The molecule has 2 aromatic rings. The molecule has 0 aliphatic carbocycles. The molecule has 1 aromatic carbocycles. The second-order valence-corrected chi connectivity index (χ2v) is 6.94. The van der Waals surface area contributed by atoms with Crippen LogP contribution in [-0.4, -0.2) is 21.9 Å². The molecule has 0 aliphatic rings. The number of rotatable bonds is 8. The molecular formula is C18H23N3O2S. The number of aromatic nitrogens is 2. The zero-order valence-corrected chi connectivity index (χ0v) is 15.2. The number of amides is 1. The standard InChI is InChI=1S/C18H23N3O2S/c1-4-5-6-17-20-21-18(24-17)19-16(23)10-9-15(22)14-8-7-12(2)13(3)11-14/h7-8,11H,4-6,9-10H2,1-3H3,(H,19,21,23). The maximum atomic E-state index is 12.2. The number of Topliss-reactive ketones (excluding diaryl/α,β-unsaturated/α-hetero) is 1. The van der Waals surface area contributed by atoms with Crippen LogP contribution >= 0.6 is 11.3 Å². The molecule has 0 radical (unpaired) electrons. The number of aryl methyl sites for hydroxylation is 3. The lowest BCUT2D eigenvalue weighted by atomic mass is 10.0. The number of unbranched alkanes of at least 4 members (excludes halogenated alkanes) is 1. The van der Waals surface area contributed by atoms with Crippen molar-refractivity contribution in [2.24, 2.45) is 0 Å². The van der Waals surface area contributed by atoms with Gasteiger partial charge in [0.1, 0.15) is 5.01 Å². The topological polar surface area (TPSA) is 72.0 Å². The van der Waals surface area contributed by atoms with E-state index in [2.05, 4.69) is 22.4 Å². The van der Waals surface area contributed by atoms with Crippen LogP contribution in [0.2, 0.25) is 0 Å². The number of nitrogens with zero attached hydrogens (tertiary/aromatic N) is 2. The molecule has 24 heavy (non-hydrogen) atoms. The first-order valence-electron chi connectivity index (χ1n) is 8.22. The molecule has 0 bridgehead atoms. The summed E-state index contributed by atoms with van der Waals surface area (Å²) < 4.78 is 0. The van der Waals surface area contributed by atoms with Crippen molar-refractivity contribution in [3.63, 3.8) is 0 Å². The second kappa shape index (κ2) is 8.68. The first kappa shape index (κ1) is 18.3. The minimum absolute atomic E-state index is 0.0193. The smallest absolute Gasteiger partial charge is 0.226 e. The molecule has 0 saturated carbocycles. The van der Waals surface area contributed by atoms with Crippen LogP contribution in [-0.2, 0) is 11.2 Å². The van der Waals surface area contributed by atoms with Crippen molar-refractivity contribution < 1.29 is 9.59 Å². The number of hydrogen-bond acceptors (Lipinski definition) is 5. The molecule has 0 atom stereocenters. The number of carbonyl (C=O) groups is 2. The van der Waals surface area contributed by atoms with Crippen molar-refractivity contribution >= 4 is 28.2 Å². The van der Waals surface area contributed by atoms with Crippen molar-refractivity contribution in [2.45, 2.75) is 52.9 Å². The number of ketones is 1. The van der Waals surface area contributed by atoms with Gasteiger partial charge in [0.2, 0.25) is 11.0 Å². The minimum atomic E-state index is -0.203. The van der Waals surface area contributed by atoms with E-state index >= 15 is 0 Å². The third-order valence-electron chi connectivity index (χ3n) is 3.87. The molecule has 1 aromatic heterocycles. The SMILES string of the molecule is CCCCc1nnc(NC(=O)CCC(=O)c2ccc(C)c(C)c2)s1. The zero-order valence-electron chi connectivity index (χ0n) is 14.4. The summed E-state index contributed by atoms with van der Waals surface area (Å²) in [5, 5.41) is 12.2. The Bertz CT molecular complexity index is 725. The van der Waals surface area contributed by atoms with Crippen LogP contribution in [0, 0.1) is 13.8 Å². The fourth-order valence-corrected chi connectivity index (χ4v) is 3.00. The van der Waals surface area contributed by atoms with Crippen LogP contribution in [0.25, 0.3) is 0 Å². The van der Waals surface area contributed by atoms with Crippen LogP contribution in [0.1, 0.15) is 59.1 Å². The van der Waals surface area contributed by atoms with Gasteiger partial charge in [0, 0.05) is 24.8 Å². The highest BCUT2D eigenvalue weighted by Gasteiger charge is 2.12. The van der Waals surface area contributed by atoms with Gasteiger partial charge in [0.15, 0.2) is 5.78 Å².